The lowest BCUT2D eigenvalue weighted by Crippen LogP contribution is -2.18. The zero-order chi connectivity index (χ0) is 20.1. The van der Waals surface area contributed by atoms with Gasteiger partial charge >= 0.3 is 5.97 Å². The molecule has 5 heteroatoms. The number of esters is 1. The maximum atomic E-state index is 12.8. The van der Waals surface area contributed by atoms with Gasteiger partial charge in [0.05, 0.1) is 6.61 Å². The summed E-state index contributed by atoms with van der Waals surface area (Å²) in [6.07, 6.45) is 6.58. The molecule has 0 fully saturated rings. The second-order valence-corrected chi connectivity index (χ2v) is 7.99. The van der Waals surface area contributed by atoms with E-state index in [1.807, 2.05) is 31.2 Å². The van der Waals surface area contributed by atoms with E-state index in [-0.39, 0.29) is 17.7 Å². The summed E-state index contributed by atoms with van der Waals surface area (Å²) in [4.78, 5) is 28.5. The van der Waals surface area contributed by atoms with Gasteiger partial charge in [-0.2, -0.15) is 0 Å². The van der Waals surface area contributed by atoms with Gasteiger partial charge in [-0.3, -0.25) is 4.79 Å². The minimum Gasteiger partial charge on any atom is -0.461 e. The van der Waals surface area contributed by atoms with E-state index in [1.165, 1.54) is 19.3 Å². The molecule has 1 aliphatic carbocycles. The van der Waals surface area contributed by atoms with Gasteiger partial charge in [0.1, 0.15) is 5.69 Å². The minimum absolute atomic E-state index is 0.0224. The second-order valence-electron chi connectivity index (χ2n) is 7.58. The highest BCUT2D eigenvalue weighted by molar-refractivity contribution is 6.31. The van der Waals surface area contributed by atoms with Gasteiger partial charge in [-0.25, -0.2) is 4.79 Å². The monoisotopic (exact) mass is 401 g/mol. The maximum Gasteiger partial charge on any atom is 0.355 e. The normalized spacial score (nSPS) is 16.1. The highest BCUT2D eigenvalue weighted by Gasteiger charge is 2.32. The average Bonchev–Trinajstić information content (AvgIpc) is 3.02. The van der Waals surface area contributed by atoms with Crippen LogP contribution in [0.1, 0.15) is 89.0 Å². The first-order valence-electron chi connectivity index (χ1n) is 10.2. The van der Waals surface area contributed by atoms with Gasteiger partial charge in [-0.15, -0.1) is 0 Å². The summed E-state index contributed by atoms with van der Waals surface area (Å²) in [5.41, 5.74) is 3.55. The molecule has 3 rings (SSSR count). The lowest BCUT2D eigenvalue weighted by Gasteiger charge is -2.22. The molecule has 1 N–H and O–H groups in total. The lowest BCUT2D eigenvalue weighted by molar-refractivity contribution is 0.0490. The van der Waals surface area contributed by atoms with Crippen molar-refractivity contribution < 1.29 is 14.3 Å². The molecule has 0 amide bonds. The quantitative estimate of drug-likeness (QED) is 0.434. The molecule has 0 bridgehead atoms. The Kier molecular flexibility index (Phi) is 6.95. The van der Waals surface area contributed by atoms with Gasteiger partial charge in [-0.1, -0.05) is 62.4 Å². The largest absolute Gasteiger partial charge is 0.461 e. The number of Topliss-reactive ketones (excluding diaryl/α,β-unsaturated/α-hetero) is 1. The van der Waals surface area contributed by atoms with Crippen molar-refractivity contribution in [2.24, 2.45) is 0 Å². The minimum atomic E-state index is -0.371. The van der Waals surface area contributed by atoms with Gasteiger partial charge in [0.15, 0.2) is 5.78 Å². The van der Waals surface area contributed by atoms with Crippen LogP contribution in [0.2, 0.25) is 5.02 Å². The first kappa shape index (κ1) is 20.7. The molecule has 4 nitrogen and oxygen atoms in total. The molecule has 0 saturated carbocycles. The smallest absolute Gasteiger partial charge is 0.355 e. The summed E-state index contributed by atoms with van der Waals surface area (Å²) < 4.78 is 5.43. The fourth-order valence-electron chi connectivity index (χ4n) is 4.01. The Hall–Kier alpha value is -2.07. The number of benzene rings is 1. The van der Waals surface area contributed by atoms with Gasteiger partial charge in [0.25, 0.3) is 0 Å². The van der Waals surface area contributed by atoms with E-state index in [0.717, 1.165) is 24.1 Å². The van der Waals surface area contributed by atoms with E-state index in [0.29, 0.717) is 41.3 Å². The van der Waals surface area contributed by atoms with E-state index < -0.39 is 0 Å². The Morgan fingerprint density at radius 2 is 1.93 bits per heavy atom. The number of nitrogens with one attached hydrogen (secondary N) is 1. The lowest BCUT2D eigenvalue weighted by atomic mass is 9.81. The second kappa shape index (κ2) is 9.42. The van der Waals surface area contributed by atoms with Crippen molar-refractivity contribution >= 4 is 23.4 Å². The molecule has 1 atom stereocenters. The Labute approximate surface area is 171 Å². The summed E-state index contributed by atoms with van der Waals surface area (Å²) in [6.45, 7) is 4.41. The van der Waals surface area contributed by atoms with Gasteiger partial charge in [0.2, 0.25) is 0 Å². The van der Waals surface area contributed by atoms with Gasteiger partial charge < -0.3 is 9.72 Å². The molecule has 1 aromatic carbocycles. The van der Waals surface area contributed by atoms with Crippen LogP contribution in [0.4, 0.5) is 0 Å². The molecule has 1 aromatic heterocycles. The summed E-state index contributed by atoms with van der Waals surface area (Å²) in [5, 5.41) is 0.676. The summed E-state index contributed by atoms with van der Waals surface area (Å²) in [7, 11) is 0. The average molecular weight is 402 g/mol. The molecule has 1 unspecified atom stereocenters. The van der Waals surface area contributed by atoms with E-state index in [9.17, 15) is 9.59 Å². The third-order valence-electron chi connectivity index (χ3n) is 5.52. The molecule has 0 spiro atoms. The third kappa shape index (κ3) is 4.49. The first-order chi connectivity index (χ1) is 13.5. The number of aromatic nitrogens is 1. The van der Waals surface area contributed by atoms with Crippen LogP contribution in [0.5, 0.6) is 0 Å². The zero-order valence-electron chi connectivity index (χ0n) is 16.6. The van der Waals surface area contributed by atoms with Crippen LogP contribution in [-0.2, 0) is 11.2 Å². The topological polar surface area (TPSA) is 59.2 Å². The van der Waals surface area contributed by atoms with E-state index in [1.54, 1.807) is 0 Å². The van der Waals surface area contributed by atoms with Crippen LogP contribution >= 0.6 is 11.6 Å². The van der Waals surface area contributed by atoms with Crippen LogP contribution in [0.25, 0.3) is 0 Å². The molecule has 1 heterocycles. The van der Waals surface area contributed by atoms with Gasteiger partial charge in [-0.05, 0) is 42.9 Å². The number of fused-ring (bicyclic) bond motifs is 1. The van der Waals surface area contributed by atoms with Crippen LogP contribution in [0.15, 0.2) is 24.3 Å². The Bertz CT molecular complexity index is 856. The predicted octanol–water partition coefficient (Wildman–Crippen LogP) is 6.02. The molecule has 0 saturated heterocycles. The fraction of sp³-hybridized carbons (Fsp3) is 0.478. The van der Waals surface area contributed by atoms with E-state index in [4.69, 9.17) is 16.3 Å². The van der Waals surface area contributed by atoms with Crippen molar-refractivity contribution in [1.82, 2.24) is 4.98 Å². The van der Waals surface area contributed by atoms with Crippen molar-refractivity contribution in [2.75, 3.05) is 6.61 Å². The number of carbonyl (C=O) groups is 2. The molecule has 150 valence electrons. The number of aromatic amines is 1. The standard InChI is InChI=1S/C23H28ClNO3/c1-3-4-5-6-9-12-28-23(27)22-15(2)21-19(25-22)13-16(14-20(21)26)17-10-7-8-11-18(17)24/h7-8,10-11,16,25H,3-6,9,12-14H2,1-2H3. The van der Waals surface area contributed by atoms with Crippen LogP contribution in [-0.4, -0.2) is 23.3 Å². The number of ketones is 1. The highest BCUT2D eigenvalue weighted by atomic mass is 35.5. The van der Waals surface area contributed by atoms with E-state index >= 15 is 0 Å². The number of unbranched alkanes of at least 4 members (excludes halogenated alkanes) is 4. The number of halogens is 1. The van der Waals surface area contributed by atoms with Crippen molar-refractivity contribution in [3.8, 4) is 0 Å². The van der Waals surface area contributed by atoms with Crippen LogP contribution in [0.3, 0.4) is 0 Å². The molecule has 0 aliphatic heterocycles. The first-order valence-corrected chi connectivity index (χ1v) is 10.6. The number of ether oxygens (including phenoxy) is 1. The molecular formula is C23H28ClNO3. The number of hydrogen-bond acceptors (Lipinski definition) is 3. The number of hydrogen-bond donors (Lipinski definition) is 1. The van der Waals surface area contributed by atoms with Crippen LogP contribution < -0.4 is 0 Å². The summed E-state index contributed by atoms with van der Waals surface area (Å²) in [6, 6.07) is 7.64. The molecular weight excluding hydrogens is 374 g/mol. The molecule has 1 aliphatic rings. The fourth-order valence-corrected chi connectivity index (χ4v) is 4.30. The van der Waals surface area contributed by atoms with Crippen molar-refractivity contribution in [3.05, 3.63) is 57.4 Å². The Morgan fingerprint density at radius 1 is 1.18 bits per heavy atom. The maximum absolute atomic E-state index is 12.8. The SMILES string of the molecule is CCCCCCCOC(=O)c1[nH]c2c(c1C)C(=O)CC(c1ccccc1Cl)C2. The summed E-state index contributed by atoms with van der Waals surface area (Å²) in [5.74, 6) is -0.294. The third-order valence-corrected chi connectivity index (χ3v) is 5.86. The molecule has 28 heavy (non-hydrogen) atoms. The predicted molar refractivity (Wildman–Crippen MR) is 111 cm³/mol. The van der Waals surface area contributed by atoms with E-state index in [2.05, 4.69) is 11.9 Å². The van der Waals surface area contributed by atoms with Crippen molar-refractivity contribution in [1.29, 1.82) is 0 Å². The Balaban J connectivity index is 1.69. The number of rotatable bonds is 8. The van der Waals surface area contributed by atoms with Gasteiger partial charge in [0, 0.05) is 22.7 Å². The molecule has 2 aromatic rings. The van der Waals surface area contributed by atoms with Crippen molar-refractivity contribution in [2.45, 2.75) is 64.7 Å². The number of H-pyrrole nitrogens is 1. The number of carbonyl (C=O) groups excluding carboxylic acids is 2. The zero-order valence-corrected chi connectivity index (χ0v) is 17.4. The summed E-state index contributed by atoms with van der Waals surface area (Å²) >= 11 is 6.33. The Morgan fingerprint density at radius 3 is 2.68 bits per heavy atom. The highest BCUT2D eigenvalue weighted by Crippen LogP contribution is 2.37. The van der Waals surface area contributed by atoms with Crippen molar-refractivity contribution in [3.63, 3.8) is 0 Å². The molecule has 0 radical (unpaired) electrons. The van der Waals surface area contributed by atoms with Crippen LogP contribution in [0, 0.1) is 6.92 Å².